The number of hydrogen-bond acceptors (Lipinski definition) is 2. The highest BCUT2D eigenvalue weighted by Crippen LogP contribution is 2.15. The van der Waals surface area contributed by atoms with Crippen LogP contribution in [-0.2, 0) is 9.59 Å². The summed E-state index contributed by atoms with van der Waals surface area (Å²) in [5.41, 5.74) is 0. The minimum atomic E-state index is -0.347. The molecule has 2 heteroatoms. The van der Waals surface area contributed by atoms with E-state index in [9.17, 15) is 9.59 Å². The van der Waals surface area contributed by atoms with Crippen molar-refractivity contribution in [2.75, 3.05) is 0 Å². The van der Waals surface area contributed by atoms with Crippen LogP contribution < -0.4 is 0 Å². The van der Waals surface area contributed by atoms with Crippen LogP contribution in [0.15, 0.2) is 0 Å². The molecular formula is C11H20O2. The molecule has 0 aromatic rings. The van der Waals surface area contributed by atoms with Crippen molar-refractivity contribution in [2.24, 2.45) is 11.8 Å². The van der Waals surface area contributed by atoms with Gasteiger partial charge in [-0.25, -0.2) is 0 Å². The standard InChI is InChI=1S/C11H20O2/c1-5-6-7-10(9(4)12)11(13)8(2)3/h8,10H,5-7H2,1-4H3. The molecule has 0 saturated carbocycles. The predicted octanol–water partition coefficient (Wildman–Crippen LogP) is 2.61. The molecule has 0 N–H and O–H groups in total. The molecule has 0 radical (unpaired) electrons. The van der Waals surface area contributed by atoms with Crippen molar-refractivity contribution in [1.29, 1.82) is 0 Å². The van der Waals surface area contributed by atoms with Crippen LogP contribution in [-0.4, -0.2) is 11.6 Å². The molecule has 13 heavy (non-hydrogen) atoms. The molecule has 0 spiro atoms. The van der Waals surface area contributed by atoms with E-state index in [1.54, 1.807) is 0 Å². The van der Waals surface area contributed by atoms with E-state index < -0.39 is 0 Å². The molecule has 0 aliphatic heterocycles. The van der Waals surface area contributed by atoms with Gasteiger partial charge in [0.2, 0.25) is 0 Å². The molecule has 0 aromatic heterocycles. The maximum absolute atomic E-state index is 11.6. The summed E-state index contributed by atoms with van der Waals surface area (Å²) in [6, 6.07) is 0. The Labute approximate surface area is 80.7 Å². The van der Waals surface area contributed by atoms with Gasteiger partial charge in [0, 0.05) is 5.92 Å². The number of Topliss-reactive ketones (excluding diaryl/α,β-unsaturated/α-hetero) is 2. The largest absolute Gasteiger partial charge is 0.299 e. The van der Waals surface area contributed by atoms with Gasteiger partial charge in [0.25, 0.3) is 0 Å². The van der Waals surface area contributed by atoms with Crippen molar-refractivity contribution < 1.29 is 9.59 Å². The highest BCUT2D eigenvalue weighted by atomic mass is 16.1. The van der Waals surface area contributed by atoms with Gasteiger partial charge in [-0.3, -0.25) is 9.59 Å². The number of unbranched alkanes of at least 4 members (excludes halogenated alkanes) is 1. The third kappa shape index (κ3) is 4.20. The molecule has 0 fully saturated rings. The predicted molar refractivity (Wildman–Crippen MR) is 53.5 cm³/mol. The van der Waals surface area contributed by atoms with Gasteiger partial charge in [0.15, 0.2) is 0 Å². The number of carbonyl (C=O) groups is 2. The Hall–Kier alpha value is -0.660. The Balaban J connectivity index is 4.24. The second kappa shape index (κ2) is 5.90. The molecule has 1 atom stereocenters. The fraction of sp³-hybridized carbons (Fsp3) is 0.818. The Morgan fingerprint density at radius 3 is 2.08 bits per heavy atom. The van der Waals surface area contributed by atoms with Gasteiger partial charge in [-0.1, -0.05) is 33.6 Å². The molecule has 2 nitrogen and oxygen atoms in total. The maximum atomic E-state index is 11.6. The first kappa shape index (κ1) is 12.3. The zero-order valence-corrected chi connectivity index (χ0v) is 9.09. The number of ketones is 2. The average molecular weight is 184 g/mol. The third-order valence-corrected chi connectivity index (χ3v) is 2.25. The molecule has 0 rings (SSSR count). The molecule has 0 heterocycles. The van der Waals surface area contributed by atoms with Gasteiger partial charge in [-0.05, 0) is 13.3 Å². The zero-order valence-electron chi connectivity index (χ0n) is 9.09. The molecule has 76 valence electrons. The van der Waals surface area contributed by atoms with Crippen LogP contribution >= 0.6 is 0 Å². The highest BCUT2D eigenvalue weighted by molar-refractivity contribution is 6.02. The smallest absolute Gasteiger partial charge is 0.145 e. The van der Waals surface area contributed by atoms with E-state index in [0.717, 1.165) is 19.3 Å². The van der Waals surface area contributed by atoms with Gasteiger partial charge in [-0.2, -0.15) is 0 Å². The van der Waals surface area contributed by atoms with Crippen molar-refractivity contribution in [2.45, 2.75) is 47.0 Å². The molecule has 1 unspecified atom stereocenters. The molecule has 0 saturated heterocycles. The average Bonchev–Trinajstić information content (AvgIpc) is 2.04. The van der Waals surface area contributed by atoms with Gasteiger partial charge < -0.3 is 0 Å². The minimum Gasteiger partial charge on any atom is -0.299 e. The fourth-order valence-corrected chi connectivity index (χ4v) is 1.36. The molecule has 0 amide bonds. The molecule has 0 aliphatic rings. The van der Waals surface area contributed by atoms with E-state index in [1.807, 2.05) is 13.8 Å². The lowest BCUT2D eigenvalue weighted by Crippen LogP contribution is -2.25. The van der Waals surface area contributed by atoms with Crippen molar-refractivity contribution >= 4 is 11.6 Å². The summed E-state index contributed by atoms with van der Waals surface area (Å²) in [5.74, 6) is -0.251. The van der Waals surface area contributed by atoms with E-state index in [-0.39, 0.29) is 23.4 Å². The highest BCUT2D eigenvalue weighted by Gasteiger charge is 2.24. The molecule has 0 aliphatic carbocycles. The van der Waals surface area contributed by atoms with E-state index in [4.69, 9.17) is 0 Å². The Morgan fingerprint density at radius 2 is 1.77 bits per heavy atom. The second-order valence-corrected chi connectivity index (χ2v) is 3.86. The lowest BCUT2D eigenvalue weighted by atomic mass is 9.88. The topological polar surface area (TPSA) is 34.1 Å². The van der Waals surface area contributed by atoms with Crippen LogP contribution in [0.5, 0.6) is 0 Å². The summed E-state index contributed by atoms with van der Waals surface area (Å²) in [7, 11) is 0. The van der Waals surface area contributed by atoms with Crippen LogP contribution in [0, 0.1) is 11.8 Å². The van der Waals surface area contributed by atoms with Crippen LogP contribution in [0.4, 0.5) is 0 Å². The monoisotopic (exact) mass is 184 g/mol. The summed E-state index contributed by atoms with van der Waals surface area (Å²) in [6.45, 7) is 7.28. The summed E-state index contributed by atoms with van der Waals surface area (Å²) < 4.78 is 0. The van der Waals surface area contributed by atoms with Crippen LogP contribution in [0.25, 0.3) is 0 Å². The zero-order chi connectivity index (χ0) is 10.4. The van der Waals surface area contributed by atoms with Crippen molar-refractivity contribution in [1.82, 2.24) is 0 Å². The number of carbonyl (C=O) groups excluding carboxylic acids is 2. The number of hydrogen-bond donors (Lipinski definition) is 0. The Bertz CT molecular complexity index is 183. The van der Waals surface area contributed by atoms with E-state index in [1.165, 1.54) is 6.92 Å². The Kier molecular flexibility index (Phi) is 5.60. The number of rotatable bonds is 6. The second-order valence-electron chi connectivity index (χ2n) is 3.86. The van der Waals surface area contributed by atoms with Crippen molar-refractivity contribution in [3.8, 4) is 0 Å². The summed E-state index contributed by atoms with van der Waals surface area (Å²) >= 11 is 0. The molecular weight excluding hydrogens is 164 g/mol. The quantitative estimate of drug-likeness (QED) is 0.595. The molecule has 0 aromatic carbocycles. The van der Waals surface area contributed by atoms with Crippen LogP contribution in [0.3, 0.4) is 0 Å². The normalized spacial score (nSPS) is 13.0. The minimum absolute atomic E-state index is 0.0205. The summed E-state index contributed by atoms with van der Waals surface area (Å²) in [6.07, 6.45) is 2.72. The van der Waals surface area contributed by atoms with Gasteiger partial charge in [0.05, 0.1) is 5.92 Å². The molecule has 0 bridgehead atoms. The van der Waals surface area contributed by atoms with Crippen LogP contribution in [0.1, 0.15) is 47.0 Å². The van der Waals surface area contributed by atoms with E-state index >= 15 is 0 Å². The SMILES string of the molecule is CCCCC(C(C)=O)C(=O)C(C)C. The maximum Gasteiger partial charge on any atom is 0.145 e. The first-order chi connectivity index (χ1) is 6.00. The van der Waals surface area contributed by atoms with Crippen molar-refractivity contribution in [3.05, 3.63) is 0 Å². The lowest BCUT2D eigenvalue weighted by Gasteiger charge is -2.14. The van der Waals surface area contributed by atoms with E-state index in [2.05, 4.69) is 6.92 Å². The van der Waals surface area contributed by atoms with Gasteiger partial charge in [0.1, 0.15) is 11.6 Å². The van der Waals surface area contributed by atoms with E-state index in [0.29, 0.717) is 0 Å². The van der Waals surface area contributed by atoms with Crippen molar-refractivity contribution in [3.63, 3.8) is 0 Å². The fourth-order valence-electron chi connectivity index (χ4n) is 1.36. The summed E-state index contributed by atoms with van der Waals surface area (Å²) in [5, 5.41) is 0. The first-order valence-corrected chi connectivity index (χ1v) is 5.04. The first-order valence-electron chi connectivity index (χ1n) is 5.04. The van der Waals surface area contributed by atoms with Gasteiger partial charge >= 0.3 is 0 Å². The Morgan fingerprint density at radius 1 is 1.23 bits per heavy atom. The van der Waals surface area contributed by atoms with Crippen LogP contribution in [0.2, 0.25) is 0 Å². The van der Waals surface area contributed by atoms with Gasteiger partial charge in [-0.15, -0.1) is 0 Å². The lowest BCUT2D eigenvalue weighted by molar-refractivity contribution is -0.133. The summed E-state index contributed by atoms with van der Waals surface area (Å²) in [4.78, 5) is 22.7. The third-order valence-electron chi connectivity index (χ3n) is 2.25.